The number of para-hydroxylation sites is 1. The number of ether oxygens (including phenoxy) is 1. The molecule has 6 rings (SSSR count). The van der Waals surface area contributed by atoms with Crippen molar-refractivity contribution in [3.8, 4) is 16.9 Å². The molecule has 10 heteroatoms. The van der Waals surface area contributed by atoms with E-state index in [9.17, 15) is 13.2 Å². The lowest BCUT2D eigenvalue weighted by atomic mass is 9.92. The van der Waals surface area contributed by atoms with Crippen LogP contribution in [0, 0.1) is 0 Å². The molecular weight excluding hydrogens is 572 g/mol. The summed E-state index contributed by atoms with van der Waals surface area (Å²) in [5.74, 6) is 0.200. The van der Waals surface area contributed by atoms with E-state index in [2.05, 4.69) is 32.0 Å². The van der Waals surface area contributed by atoms with E-state index in [0.29, 0.717) is 26.9 Å². The number of sulfonamides is 1. The summed E-state index contributed by atoms with van der Waals surface area (Å²) < 4.78 is 33.3. The zero-order valence-corrected chi connectivity index (χ0v) is 25.7. The van der Waals surface area contributed by atoms with E-state index in [1.54, 1.807) is 24.3 Å². The number of methoxy groups -OCH3 is 1. The van der Waals surface area contributed by atoms with E-state index in [4.69, 9.17) is 16.3 Å². The molecule has 3 aliphatic rings. The van der Waals surface area contributed by atoms with Crippen molar-refractivity contribution in [2.75, 3.05) is 47.8 Å². The number of carbonyl (C=O) groups excluding carboxylic acids is 1. The van der Waals surface area contributed by atoms with Crippen LogP contribution in [0.4, 0.5) is 17.1 Å². The second-order valence-corrected chi connectivity index (χ2v) is 13.4. The molecule has 0 spiro atoms. The van der Waals surface area contributed by atoms with Crippen molar-refractivity contribution < 1.29 is 17.9 Å². The fraction of sp³-hybridized carbons (Fsp3) is 0.406. The minimum absolute atomic E-state index is 0.263. The molecule has 3 aromatic rings. The molecule has 1 atom stereocenters. The van der Waals surface area contributed by atoms with Gasteiger partial charge in [0.2, 0.25) is 0 Å². The monoisotopic (exact) mass is 608 g/mol. The second kappa shape index (κ2) is 11.7. The normalized spacial score (nSPS) is 18.4. The zero-order chi connectivity index (χ0) is 29.4. The van der Waals surface area contributed by atoms with E-state index in [1.807, 2.05) is 19.1 Å². The molecule has 3 aliphatic heterocycles. The Labute approximate surface area is 253 Å². The topological polar surface area (TPSA) is 91.0 Å². The summed E-state index contributed by atoms with van der Waals surface area (Å²) >= 11 is 6.22. The van der Waals surface area contributed by atoms with E-state index in [1.165, 1.54) is 20.0 Å². The van der Waals surface area contributed by atoms with Crippen molar-refractivity contribution in [1.82, 2.24) is 5.32 Å². The van der Waals surface area contributed by atoms with Crippen LogP contribution in [-0.2, 0) is 10.0 Å². The molecule has 1 amide bonds. The summed E-state index contributed by atoms with van der Waals surface area (Å²) in [5, 5.41) is 3.65. The molecule has 0 aromatic heterocycles. The minimum Gasteiger partial charge on any atom is -0.496 e. The smallest absolute Gasteiger partial charge is 0.264 e. The number of amides is 1. The van der Waals surface area contributed by atoms with E-state index >= 15 is 0 Å². The number of nitrogens with one attached hydrogen (secondary N) is 2. The maximum absolute atomic E-state index is 13.5. The molecule has 2 N–H and O–H groups in total. The Morgan fingerprint density at radius 1 is 0.905 bits per heavy atom. The van der Waals surface area contributed by atoms with Crippen molar-refractivity contribution in [1.29, 1.82) is 0 Å². The maximum Gasteiger partial charge on any atom is 0.264 e. The summed E-state index contributed by atoms with van der Waals surface area (Å²) in [6, 6.07) is 14.6. The Hall–Kier alpha value is -3.43. The number of hydrogen-bond donors (Lipinski definition) is 2. The van der Waals surface area contributed by atoms with Gasteiger partial charge < -0.3 is 19.9 Å². The second-order valence-electron chi connectivity index (χ2n) is 11.3. The first-order chi connectivity index (χ1) is 20.3. The molecule has 1 unspecified atom stereocenters. The number of halogens is 1. The van der Waals surface area contributed by atoms with Crippen molar-refractivity contribution in [3.63, 3.8) is 0 Å². The molecule has 0 radical (unpaired) electrons. The van der Waals surface area contributed by atoms with Gasteiger partial charge >= 0.3 is 0 Å². The third-order valence-electron chi connectivity index (χ3n) is 8.59. The lowest BCUT2D eigenvalue weighted by molar-refractivity contribution is 0.0937. The fourth-order valence-electron chi connectivity index (χ4n) is 6.51. The van der Waals surface area contributed by atoms with Crippen molar-refractivity contribution in [3.05, 3.63) is 64.7 Å². The molecule has 222 valence electrons. The maximum atomic E-state index is 13.5. The van der Waals surface area contributed by atoms with Gasteiger partial charge in [0.15, 0.2) is 0 Å². The Balaban J connectivity index is 1.46. The molecule has 2 saturated heterocycles. The highest BCUT2D eigenvalue weighted by molar-refractivity contribution is 7.94. The van der Waals surface area contributed by atoms with Gasteiger partial charge in [0.25, 0.3) is 15.9 Å². The number of rotatable bonds is 7. The highest BCUT2D eigenvalue weighted by Crippen LogP contribution is 2.50. The molecule has 0 bridgehead atoms. The summed E-state index contributed by atoms with van der Waals surface area (Å²) in [6.45, 7) is 5.61. The van der Waals surface area contributed by atoms with Crippen LogP contribution < -0.4 is 24.6 Å². The van der Waals surface area contributed by atoms with Gasteiger partial charge in [-0.05, 0) is 75.3 Å². The molecular formula is C32H37ClN4O4S. The SMILES string of the molecule is COc1ccc(Cl)cc1C(=O)NC(C)c1cccc(-c2ccc3c(c2N2CCCCC2)NS3(=O)=O)c1N1CCCCC1. The number of hydrogen-bond acceptors (Lipinski definition) is 6. The van der Waals surface area contributed by atoms with Gasteiger partial charge in [0.1, 0.15) is 10.6 Å². The third kappa shape index (κ3) is 5.28. The number of fused-ring (bicyclic) bond motifs is 1. The molecule has 42 heavy (non-hydrogen) atoms. The Bertz CT molecular complexity index is 1610. The number of benzene rings is 3. The number of piperidine rings is 2. The Morgan fingerprint density at radius 2 is 1.55 bits per heavy atom. The van der Waals surface area contributed by atoms with E-state index in [-0.39, 0.29) is 11.9 Å². The average molecular weight is 609 g/mol. The summed E-state index contributed by atoms with van der Waals surface area (Å²) in [6.07, 6.45) is 6.70. The lowest BCUT2D eigenvalue weighted by Crippen LogP contribution is -2.35. The van der Waals surface area contributed by atoms with Crippen LogP contribution >= 0.6 is 11.6 Å². The van der Waals surface area contributed by atoms with Gasteiger partial charge in [0, 0.05) is 48.0 Å². The first-order valence-electron chi connectivity index (χ1n) is 14.8. The van der Waals surface area contributed by atoms with Gasteiger partial charge in [-0.3, -0.25) is 9.52 Å². The largest absolute Gasteiger partial charge is 0.496 e. The van der Waals surface area contributed by atoms with Crippen LogP contribution in [0.2, 0.25) is 5.02 Å². The highest BCUT2D eigenvalue weighted by Gasteiger charge is 2.37. The number of anilines is 3. The third-order valence-corrected chi connectivity index (χ3v) is 10.2. The predicted molar refractivity (Wildman–Crippen MR) is 169 cm³/mol. The molecule has 0 aliphatic carbocycles. The lowest BCUT2D eigenvalue weighted by Gasteiger charge is -2.38. The first-order valence-corrected chi connectivity index (χ1v) is 16.6. The van der Waals surface area contributed by atoms with Crippen LogP contribution in [0.1, 0.15) is 67.4 Å². The molecule has 0 saturated carbocycles. The van der Waals surface area contributed by atoms with Gasteiger partial charge in [-0.25, -0.2) is 8.42 Å². The summed E-state index contributed by atoms with van der Waals surface area (Å²) in [7, 11) is -1.92. The van der Waals surface area contributed by atoms with Crippen LogP contribution in [0.25, 0.3) is 11.1 Å². The average Bonchev–Trinajstić information content (AvgIpc) is 3.00. The predicted octanol–water partition coefficient (Wildman–Crippen LogP) is 6.60. The molecule has 2 fully saturated rings. The fourth-order valence-corrected chi connectivity index (χ4v) is 7.78. The van der Waals surface area contributed by atoms with Crippen LogP contribution in [0.5, 0.6) is 5.75 Å². The highest BCUT2D eigenvalue weighted by atomic mass is 35.5. The molecule has 3 aromatic carbocycles. The molecule has 3 heterocycles. The van der Waals surface area contributed by atoms with Crippen molar-refractivity contribution >= 4 is 44.6 Å². The van der Waals surface area contributed by atoms with Crippen LogP contribution in [-0.4, -0.2) is 47.6 Å². The Morgan fingerprint density at radius 3 is 2.19 bits per heavy atom. The molecule has 8 nitrogen and oxygen atoms in total. The van der Waals surface area contributed by atoms with Crippen LogP contribution in [0.15, 0.2) is 53.4 Å². The Kier molecular flexibility index (Phi) is 7.98. The first kappa shape index (κ1) is 28.7. The van der Waals surface area contributed by atoms with Gasteiger partial charge in [-0.1, -0.05) is 35.9 Å². The summed E-state index contributed by atoms with van der Waals surface area (Å²) in [5.41, 5.74) is 6.19. The quantitative estimate of drug-likeness (QED) is 0.314. The number of nitrogens with zero attached hydrogens (tertiary/aromatic N) is 2. The standard InChI is InChI=1S/C32H37ClN4O4S/c1-21(34-32(38)26-20-22(33)12-14-27(26)41-2)23-10-9-11-24(30(23)36-16-5-3-6-17-36)25-13-15-28-29(35-42(28,39)40)31(25)37-18-7-4-8-19-37/h9-15,20-21,35H,3-8,16-19H2,1-2H3,(H,34,38). The van der Waals surface area contributed by atoms with E-state index in [0.717, 1.165) is 79.9 Å². The van der Waals surface area contributed by atoms with Gasteiger partial charge in [-0.15, -0.1) is 0 Å². The van der Waals surface area contributed by atoms with Crippen molar-refractivity contribution in [2.45, 2.75) is 56.4 Å². The van der Waals surface area contributed by atoms with Gasteiger partial charge in [0.05, 0.1) is 30.1 Å². The summed E-state index contributed by atoms with van der Waals surface area (Å²) in [4.78, 5) is 18.6. The van der Waals surface area contributed by atoms with Gasteiger partial charge in [-0.2, -0.15) is 0 Å². The van der Waals surface area contributed by atoms with E-state index < -0.39 is 10.0 Å². The van der Waals surface area contributed by atoms with Crippen molar-refractivity contribution in [2.24, 2.45) is 0 Å². The van der Waals surface area contributed by atoms with Crippen LogP contribution in [0.3, 0.4) is 0 Å². The zero-order valence-electron chi connectivity index (χ0n) is 24.1. The number of carbonyl (C=O) groups is 1. The minimum atomic E-state index is -3.46.